The fourth-order valence-corrected chi connectivity index (χ4v) is 4.30. The van der Waals surface area contributed by atoms with Gasteiger partial charge < -0.3 is 4.90 Å². The Balaban J connectivity index is 1.79. The summed E-state index contributed by atoms with van der Waals surface area (Å²) in [6, 6.07) is 14.1. The van der Waals surface area contributed by atoms with Crippen LogP contribution < -0.4 is 4.90 Å². The molecule has 27 heavy (non-hydrogen) atoms. The molecule has 0 atom stereocenters. The van der Waals surface area contributed by atoms with E-state index in [0.29, 0.717) is 24.2 Å². The fraction of sp³-hybridized carbons (Fsp3) is 0.200. The van der Waals surface area contributed by atoms with Crippen LogP contribution in [0.5, 0.6) is 0 Å². The standard InChI is InChI=1S/C20H19N3O3S/c1-22(2)27(25,26)15-9-8-14-10-12-23(19(14)13-15)20(24)17-5-3-7-18-16(17)6-4-11-21-18/h3-9,11,13H,10,12H2,1-2H3. The third-order valence-electron chi connectivity index (χ3n) is 4.85. The minimum Gasteiger partial charge on any atom is -0.308 e. The summed E-state index contributed by atoms with van der Waals surface area (Å²) in [6.07, 6.45) is 2.40. The summed E-state index contributed by atoms with van der Waals surface area (Å²) in [5.74, 6) is -0.147. The molecule has 0 spiro atoms. The number of carbonyl (C=O) groups is 1. The highest BCUT2D eigenvalue weighted by Gasteiger charge is 2.29. The fourth-order valence-electron chi connectivity index (χ4n) is 3.38. The molecular weight excluding hydrogens is 362 g/mol. The van der Waals surface area contributed by atoms with Crippen LogP contribution in [-0.2, 0) is 16.4 Å². The van der Waals surface area contributed by atoms with Crippen molar-refractivity contribution in [3.63, 3.8) is 0 Å². The Hall–Kier alpha value is -2.77. The predicted molar refractivity (Wildman–Crippen MR) is 104 cm³/mol. The normalized spacial score (nSPS) is 14.0. The van der Waals surface area contributed by atoms with Gasteiger partial charge in [-0.2, -0.15) is 0 Å². The summed E-state index contributed by atoms with van der Waals surface area (Å²) in [7, 11) is -0.572. The molecule has 7 heteroatoms. The summed E-state index contributed by atoms with van der Waals surface area (Å²) in [5, 5.41) is 0.788. The minimum absolute atomic E-state index is 0.147. The second kappa shape index (κ2) is 6.44. The van der Waals surface area contributed by atoms with Crippen LogP contribution in [0.4, 0.5) is 5.69 Å². The topological polar surface area (TPSA) is 70.6 Å². The second-order valence-electron chi connectivity index (χ2n) is 6.66. The van der Waals surface area contributed by atoms with Gasteiger partial charge in [0, 0.05) is 43.5 Å². The van der Waals surface area contributed by atoms with Crippen molar-refractivity contribution in [3.05, 3.63) is 65.9 Å². The van der Waals surface area contributed by atoms with Crippen molar-refractivity contribution in [1.82, 2.24) is 9.29 Å². The number of hydrogen-bond donors (Lipinski definition) is 0. The van der Waals surface area contributed by atoms with Crippen LogP contribution in [0.1, 0.15) is 15.9 Å². The molecule has 0 N–H and O–H groups in total. The van der Waals surface area contributed by atoms with Crippen molar-refractivity contribution in [2.45, 2.75) is 11.3 Å². The molecule has 4 rings (SSSR count). The number of fused-ring (bicyclic) bond motifs is 2. The van der Waals surface area contributed by atoms with E-state index in [9.17, 15) is 13.2 Å². The van der Waals surface area contributed by atoms with E-state index in [4.69, 9.17) is 0 Å². The first-order valence-electron chi connectivity index (χ1n) is 8.60. The summed E-state index contributed by atoms with van der Waals surface area (Å²) in [4.78, 5) is 19.4. The molecule has 1 aliphatic rings. The van der Waals surface area contributed by atoms with Gasteiger partial charge in [-0.05, 0) is 42.3 Å². The van der Waals surface area contributed by atoms with Crippen molar-refractivity contribution in [1.29, 1.82) is 0 Å². The van der Waals surface area contributed by atoms with Gasteiger partial charge in [0.1, 0.15) is 0 Å². The largest absolute Gasteiger partial charge is 0.308 e. The molecule has 0 unspecified atom stereocenters. The molecule has 0 radical (unpaired) electrons. The number of hydrogen-bond acceptors (Lipinski definition) is 4. The molecule has 1 amide bonds. The van der Waals surface area contributed by atoms with E-state index in [0.717, 1.165) is 16.5 Å². The lowest BCUT2D eigenvalue weighted by atomic mass is 10.1. The molecule has 0 bridgehead atoms. The first kappa shape index (κ1) is 17.6. The molecule has 0 saturated carbocycles. The van der Waals surface area contributed by atoms with Gasteiger partial charge in [0.05, 0.1) is 10.4 Å². The number of rotatable bonds is 3. The third-order valence-corrected chi connectivity index (χ3v) is 6.66. The number of carbonyl (C=O) groups excluding carboxylic acids is 1. The van der Waals surface area contributed by atoms with Crippen molar-refractivity contribution >= 4 is 32.5 Å². The van der Waals surface area contributed by atoms with E-state index in [1.165, 1.54) is 18.4 Å². The van der Waals surface area contributed by atoms with Gasteiger partial charge in [-0.15, -0.1) is 0 Å². The number of amides is 1. The van der Waals surface area contributed by atoms with E-state index in [1.54, 1.807) is 41.4 Å². The molecule has 2 heterocycles. The number of nitrogens with zero attached hydrogens (tertiary/aromatic N) is 3. The van der Waals surface area contributed by atoms with E-state index in [2.05, 4.69) is 4.98 Å². The van der Waals surface area contributed by atoms with Crippen LogP contribution >= 0.6 is 0 Å². The zero-order valence-electron chi connectivity index (χ0n) is 15.1. The Morgan fingerprint density at radius 3 is 2.70 bits per heavy atom. The van der Waals surface area contributed by atoms with E-state index >= 15 is 0 Å². The van der Waals surface area contributed by atoms with Crippen LogP contribution in [0.15, 0.2) is 59.6 Å². The summed E-state index contributed by atoms with van der Waals surface area (Å²) < 4.78 is 26.1. The lowest BCUT2D eigenvalue weighted by Crippen LogP contribution is -2.29. The van der Waals surface area contributed by atoms with E-state index in [1.807, 2.05) is 18.2 Å². The highest BCUT2D eigenvalue weighted by molar-refractivity contribution is 7.89. The summed E-state index contributed by atoms with van der Waals surface area (Å²) in [6.45, 7) is 0.524. The van der Waals surface area contributed by atoms with Gasteiger partial charge in [0.15, 0.2) is 0 Å². The smallest absolute Gasteiger partial charge is 0.258 e. The monoisotopic (exact) mass is 381 g/mol. The highest BCUT2D eigenvalue weighted by atomic mass is 32.2. The molecule has 2 aromatic carbocycles. The molecule has 0 saturated heterocycles. The Morgan fingerprint density at radius 1 is 1.11 bits per heavy atom. The molecule has 1 aromatic heterocycles. The zero-order chi connectivity index (χ0) is 19.2. The van der Waals surface area contributed by atoms with Gasteiger partial charge in [-0.25, -0.2) is 12.7 Å². The number of anilines is 1. The Morgan fingerprint density at radius 2 is 1.93 bits per heavy atom. The van der Waals surface area contributed by atoms with E-state index in [-0.39, 0.29) is 10.8 Å². The molecular formula is C20H19N3O3S. The highest BCUT2D eigenvalue weighted by Crippen LogP contribution is 2.33. The maximum atomic E-state index is 13.3. The second-order valence-corrected chi connectivity index (χ2v) is 8.81. The zero-order valence-corrected chi connectivity index (χ0v) is 15.9. The van der Waals surface area contributed by atoms with Gasteiger partial charge in [0.2, 0.25) is 10.0 Å². The average molecular weight is 381 g/mol. The first-order chi connectivity index (χ1) is 12.9. The van der Waals surface area contributed by atoms with Crippen molar-refractivity contribution in [2.24, 2.45) is 0 Å². The first-order valence-corrected chi connectivity index (χ1v) is 10.0. The Kier molecular flexibility index (Phi) is 4.20. The Bertz CT molecular complexity index is 1150. The minimum atomic E-state index is -3.56. The maximum Gasteiger partial charge on any atom is 0.258 e. The molecule has 3 aromatic rings. The maximum absolute atomic E-state index is 13.3. The molecule has 6 nitrogen and oxygen atoms in total. The molecule has 138 valence electrons. The van der Waals surface area contributed by atoms with Gasteiger partial charge in [-0.1, -0.05) is 18.2 Å². The van der Waals surface area contributed by atoms with Gasteiger partial charge in [-0.3, -0.25) is 9.78 Å². The van der Waals surface area contributed by atoms with E-state index < -0.39 is 10.0 Å². The predicted octanol–water partition coefficient (Wildman–Crippen LogP) is 2.69. The quantitative estimate of drug-likeness (QED) is 0.699. The third kappa shape index (κ3) is 2.89. The van der Waals surface area contributed by atoms with Crippen LogP contribution in [0.3, 0.4) is 0 Å². The van der Waals surface area contributed by atoms with Gasteiger partial charge in [0.25, 0.3) is 5.91 Å². The number of pyridine rings is 1. The molecule has 1 aliphatic heterocycles. The van der Waals surface area contributed by atoms with Crippen LogP contribution in [0.25, 0.3) is 10.9 Å². The van der Waals surface area contributed by atoms with Crippen molar-refractivity contribution < 1.29 is 13.2 Å². The lowest BCUT2D eigenvalue weighted by molar-refractivity contribution is 0.0991. The summed E-state index contributed by atoms with van der Waals surface area (Å²) >= 11 is 0. The molecule has 0 fully saturated rings. The van der Waals surface area contributed by atoms with Crippen molar-refractivity contribution in [2.75, 3.05) is 25.5 Å². The lowest BCUT2D eigenvalue weighted by Gasteiger charge is -2.20. The van der Waals surface area contributed by atoms with Crippen molar-refractivity contribution in [3.8, 4) is 0 Å². The van der Waals surface area contributed by atoms with Crippen LogP contribution in [-0.4, -0.2) is 44.3 Å². The Labute approximate surface area is 158 Å². The average Bonchev–Trinajstić information content (AvgIpc) is 3.10. The van der Waals surface area contributed by atoms with Crippen LogP contribution in [0.2, 0.25) is 0 Å². The SMILES string of the molecule is CN(C)S(=O)(=O)c1ccc2c(c1)N(C(=O)c1cccc3ncccc13)CC2. The van der Waals surface area contributed by atoms with Gasteiger partial charge >= 0.3 is 0 Å². The number of aromatic nitrogens is 1. The number of benzene rings is 2. The van der Waals surface area contributed by atoms with Crippen LogP contribution in [0, 0.1) is 0 Å². The molecule has 0 aliphatic carbocycles. The number of sulfonamides is 1. The summed E-state index contributed by atoms with van der Waals surface area (Å²) in [5.41, 5.74) is 2.95.